The van der Waals surface area contributed by atoms with Gasteiger partial charge in [0.05, 0.1) is 13.2 Å². The van der Waals surface area contributed by atoms with E-state index < -0.39 is 11.9 Å². The molecule has 0 radical (unpaired) electrons. The Bertz CT molecular complexity index is 692. The number of hydrogen-bond acceptors (Lipinski definition) is 6. The van der Waals surface area contributed by atoms with Crippen LogP contribution in [-0.4, -0.2) is 25.2 Å². The summed E-state index contributed by atoms with van der Waals surface area (Å²) in [6, 6.07) is 18.8. The van der Waals surface area contributed by atoms with Crippen LogP contribution in [0, 0.1) is 0 Å². The molecular weight excluding hydrogens is 368 g/mol. The molecule has 0 aliphatic carbocycles. The minimum atomic E-state index is -0.534. The second-order valence-electron chi connectivity index (χ2n) is 4.93. The van der Waals surface area contributed by atoms with Gasteiger partial charge in [-0.05, 0) is 38.1 Å². The Kier molecular flexibility index (Phi) is 8.31. The van der Waals surface area contributed by atoms with Crippen LogP contribution in [-0.2, 0) is 19.1 Å². The number of hydrogen-bond donors (Lipinski definition) is 0. The van der Waals surface area contributed by atoms with Crippen LogP contribution in [0.5, 0.6) is 0 Å². The number of ether oxygens (including phenoxy) is 2. The molecule has 0 amide bonds. The third-order valence-electron chi connectivity index (χ3n) is 3.05. The molecule has 2 aromatic rings. The summed E-state index contributed by atoms with van der Waals surface area (Å²) < 4.78 is 10.4. The van der Waals surface area contributed by atoms with Crippen molar-refractivity contribution in [3.8, 4) is 0 Å². The van der Waals surface area contributed by atoms with Gasteiger partial charge in [-0.2, -0.15) is 0 Å². The van der Waals surface area contributed by atoms with E-state index in [1.165, 1.54) is 23.5 Å². The van der Waals surface area contributed by atoms with Crippen LogP contribution in [0.2, 0.25) is 0 Å². The number of benzene rings is 2. The van der Waals surface area contributed by atoms with Crippen molar-refractivity contribution in [2.75, 3.05) is 13.2 Å². The number of carbonyl (C=O) groups is 2. The molecule has 2 aromatic carbocycles. The lowest BCUT2D eigenvalue weighted by Gasteiger charge is -2.13. The van der Waals surface area contributed by atoms with Crippen molar-refractivity contribution in [1.82, 2.24) is 0 Å². The summed E-state index contributed by atoms with van der Waals surface area (Å²) in [5, 5.41) is 0. The summed E-state index contributed by atoms with van der Waals surface area (Å²) in [6.07, 6.45) is 0. The molecule has 136 valence electrons. The van der Waals surface area contributed by atoms with Crippen molar-refractivity contribution in [2.24, 2.45) is 0 Å². The van der Waals surface area contributed by atoms with Crippen molar-refractivity contribution in [3.05, 3.63) is 70.5 Å². The molecule has 0 heterocycles. The molecule has 6 heteroatoms. The van der Waals surface area contributed by atoms with Crippen LogP contribution in [0.4, 0.5) is 0 Å². The minimum absolute atomic E-state index is 0.226. The SMILES string of the molecule is CCOC(=O)/C(Sc1ccccc1)=C(\Sc1ccccc1)C(=O)OCC. The van der Waals surface area contributed by atoms with Crippen molar-refractivity contribution < 1.29 is 19.1 Å². The van der Waals surface area contributed by atoms with E-state index in [2.05, 4.69) is 0 Å². The van der Waals surface area contributed by atoms with E-state index in [1.54, 1.807) is 13.8 Å². The van der Waals surface area contributed by atoms with Crippen LogP contribution in [0.3, 0.4) is 0 Å². The summed E-state index contributed by atoms with van der Waals surface area (Å²) in [4.78, 5) is 27.3. The average Bonchev–Trinajstić information content (AvgIpc) is 2.66. The first-order valence-corrected chi connectivity index (χ1v) is 9.83. The highest BCUT2D eigenvalue weighted by molar-refractivity contribution is 8.08. The van der Waals surface area contributed by atoms with Gasteiger partial charge in [0.2, 0.25) is 0 Å². The summed E-state index contributed by atoms with van der Waals surface area (Å²) in [5.74, 6) is -1.07. The maximum atomic E-state index is 12.6. The lowest BCUT2D eigenvalue weighted by molar-refractivity contribution is -0.140. The molecule has 0 unspecified atom stereocenters. The van der Waals surface area contributed by atoms with Crippen LogP contribution < -0.4 is 0 Å². The molecule has 0 N–H and O–H groups in total. The second-order valence-corrected chi connectivity index (χ2v) is 7.10. The highest BCUT2D eigenvalue weighted by Gasteiger charge is 2.25. The van der Waals surface area contributed by atoms with Gasteiger partial charge in [0.15, 0.2) is 0 Å². The lowest BCUT2D eigenvalue weighted by Crippen LogP contribution is -2.13. The van der Waals surface area contributed by atoms with E-state index in [9.17, 15) is 9.59 Å². The van der Waals surface area contributed by atoms with Gasteiger partial charge in [-0.3, -0.25) is 0 Å². The van der Waals surface area contributed by atoms with Gasteiger partial charge < -0.3 is 9.47 Å². The molecule has 0 aliphatic heterocycles. The quantitative estimate of drug-likeness (QED) is 0.364. The lowest BCUT2D eigenvalue weighted by atomic mass is 10.4. The molecule has 0 saturated heterocycles. The minimum Gasteiger partial charge on any atom is -0.462 e. The molecule has 0 saturated carbocycles. The van der Waals surface area contributed by atoms with Crippen molar-refractivity contribution >= 4 is 35.5 Å². The smallest absolute Gasteiger partial charge is 0.346 e. The van der Waals surface area contributed by atoms with Crippen molar-refractivity contribution in [1.29, 1.82) is 0 Å². The summed E-state index contributed by atoms with van der Waals surface area (Å²) in [6.45, 7) is 3.92. The molecule has 0 aliphatic rings. The number of thioether (sulfide) groups is 2. The highest BCUT2D eigenvalue weighted by Crippen LogP contribution is 2.38. The van der Waals surface area contributed by atoms with Gasteiger partial charge in [0.25, 0.3) is 0 Å². The first-order chi connectivity index (χ1) is 12.7. The van der Waals surface area contributed by atoms with Crippen molar-refractivity contribution in [2.45, 2.75) is 23.6 Å². The molecule has 0 bridgehead atoms. The molecule has 0 aromatic heterocycles. The van der Waals surface area contributed by atoms with Gasteiger partial charge in [-0.1, -0.05) is 59.9 Å². The monoisotopic (exact) mass is 388 g/mol. The third kappa shape index (κ3) is 5.97. The van der Waals surface area contributed by atoms with E-state index in [1.807, 2.05) is 60.7 Å². The number of esters is 2. The Morgan fingerprint density at radius 3 is 1.35 bits per heavy atom. The summed E-state index contributed by atoms with van der Waals surface area (Å²) in [7, 11) is 0. The van der Waals surface area contributed by atoms with Crippen LogP contribution in [0.25, 0.3) is 0 Å². The zero-order valence-electron chi connectivity index (χ0n) is 14.6. The molecule has 2 rings (SSSR count). The Hall–Kier alpha value is -2.18. The maximum Gasteiger partial charge on any atom is 0.346 e. The summed E-state index contributed by atoms with van der Waals surface area (Å²) in [5.41, 5.74) is 0. The Balaban J connectivity index is 2.47. The average molecular weight is 389 g/mol. The molecule has 0 spiro atoms. The number of carbonyl (C=O) groups excluding carboxylic acids is 2. The fourth-order valence-electron chi connectivity index (χ4n) is 1.97. The first-order valence-electron chi connectivity index (χ1n) is 8.20. The van der Waals surface area contributed by atoms with Crippen LogP contribution in [0.15, 0.2) is 80.3 Å². The van der Waals surface area contributed by atoms with Crippen LogP contribution in [0.1, 0.15) is 13.8 Å². The first kappa shape index (κ1) is 20.1. The zero-order valence-corrected chi connectivity index (χ0v) is 16.3. The van der Waals surface area contributed by atoms with E-state index >= 15 is 0 Å². The van der Waals surface area contributed by atoms with Crippen molar-refractivity contribution in [3.63, 3.8) is 0 Å². The Labute approximate surface area is 162 Å². The molecule has 0 fully saturated rings. The van der Waals surface area contributed by atoms with Gasteiger partial charge in [-0.15, -0.1) is 0 Å². The molecule has 4 nitrogen and oxygen atoms in total. The third-order valence-corrected chi connectivity index (χ3v) is 5.35. The van der Waals surface area contributed by atoms with E-state index in [-0.39, 0.29) is 23.0 Å². The fourth-order valence-corrected chi connectivity index (χ4v) is 3.91. The van der Waals surface area contributed by atoms with E-state index in [4.69, 9.17) is 9.47 Å². The molecule has 26 heavy (non-hydrogen) atoms. The molecular formula is C20H20O4S2. The Morgan fingerprint density at radius 1 is 0.692 bits per heavy atom. The van der Waals surface area contributed by atoms with Gasteiger partial charge in [0.1, 0.15) is 9.81 Å². The fraction of sp³-hybridized carbons (Fsp3) is 0.200. The van der Waals surface area contributed by atoms with Gasteiger partial charge >= 0.3 is 11.9 Å². The Morgan fingerprint density at radius 2 is 1.04 bits per heavy atom. The number of rotatable bonds is 8. The predicted octanol–water partition coefficient (Wildman–Crippen LogP) is 4.91. The largest absolute Gasteiger partial charge is 0.462 e. The van der Waals surface area contributed by atoms with Crippen LogP contribution >= 0.6 is 23.5 Å². The summed E-state index contributed by atoms with van der Waals surface area (Å²) >= 11 is 2.40. The van der Waals surface area contributed by atoms with Gasteiger partial charge in [-0.25, -0.2) is 9.59 Å². The second kappa shape index (κ2) is 10.7. The zero-order chi connectivity index (χ0) is 18.8. The van der Waals surface area contributed by atoms with Gasteiger partial charge in [0, 0.05) is 9.79 Å². The topological polar surface area (TPSA) is 52.6 Å². The standard InChI is InChI=1S/C20H20O4S2/c1-3-23-19(21)17(25-15-11-7-5-8-12-15)18(20(22)24-4-2)26-16-13-9-6-10-14-16/h5-14H,3-4H2,1-2H3/b18-17+. The van der Waals surface area contributed by atoms with E-state index in [0.717, 1.165) is 9.79 Å². The maximum absolute atomic E-state index is 12.6. The predicted molar refractivity (Wildman–Crippen MR) is 105 cm³/mol. The highest BCUT2D eigenvalue weighted by atomic mass is 32.2. The molecule has 0 atom stereocenters. The van der Waals surface area contributed by atoms with E-state index in [0.29, 0.717) is 0 Å². The normalized spacial score (nSPS) is 11.5.